The van der Waals surface area contributed by atoms with Crippen molar-refractivity contribution in [3.8, 4) is 0 Å². The topological polar surface area (TPSA) is 0 Å². The van der Waals surface area contributed by atoms with Crippen LogP contribution >= 0.6 is 0 Å². The first-order chi connectivity index (χ1) is 5.41. The van der Waals surface area contributed by atoms with Crippen LogP contribution in [0.15, 0.2) is 0 Å². The van der Waals surface area contributed by atoms with Crippen LogP contribution in [0.2, 0.25) is 0.515 Å². The minimum atomic E-state index is 1.11. The van der Waals surface area contributed by atoms with Crippen molar-refractivity contribution in [2.24, 2.45) is 0 Å². The van der Waals surface area contributed by atoms with Crippen molar-refractivity contribution in [3.05, 3.63) is 0 Å². The Labute approximate surface area is 106 Å². The summed E-state index contributed by atoms with van der Waals surface area (Å²) in [7, 11) is 0. The van der Waals surface area contributed by atoms with Crippen molar-refractivity contribution in [2.75, 3.05) is 0 Å². The minimum absolute atomic E-state index is 1.11. The van der Waals surface area contributed by atoms with Gasteiger partial charge < -0.3 is 0 Å². The van der Waals surface area contributed by atoms with Crippen LogP contribution in [0.5, 0.6) is 0 Å². The maximum absolute atomic E-state index is 2.28. The summed E-state index contributed by atoms with van der Waals surface area (Å²) in [5, 5.41) is 0. The third-order valence-electron chi connectivity index (χ3n) is 2.21. The monoisotopic (exact) mass is 180 g/mol. The van der Waals surface area contributed by atoms with E-state index in [0.29, 0.717) is 0 Å². The second kappa shape index (κ2) is 11.6. The van der Waals surface area contributed by atoms with Crippen LogP contribution in [0.4, 0.5) is 0 Å². The number of hydrogen-bond acceptors (Lipinski definition) is 0. The van der Waals surface area contributed by atoms with Gasteiger partial charge in [-0.2, -0.15) is 0 Å². The van der Waals surface area contributed by atoms with E-state index in [4.69, 9.17) is 0 Å². The summed E-state index contributed by atoms with van der Waals surface area (Å²) in [6.45, 7) is 2.28. The van der Waals surface area contributed by atoms with Crippen molar-refractivity contribution in [1.82, 2.24) is 0 Å². The van der Waals surface area contributed by atoms with Crippen LogP contribution in [0, 0.1) is 0 Å². The predicted molar refractivity (Wildman–Crippen MR) is 53.2 cm³/mol. The average molecular weight is 180 g/mol. The Morgan fingerprint density at radius 3 is 1.64 bits per heavy atom. The molecule has 0 saturated heterocycles. The van der Waals surface area contributed by atoms with Crippen LogP contribution in [0.3, 0.4) is 0 Å². The van der Waals surface area contributed by atoms with Gasteiger partial charge in [0.15, 0.2) is 0 Å². The molecule has 11 heavy (non-hydrogen) atoms. The Bertz CT molecular complexity index is 53.9. The van der Waals surface area contributed by atoms with E-state index in [1.54, 1.807) is 0.515 Å². The molecular weight excluding hydrogens is 159 g/mol. The fourth-order valence-electron chi connectivity index (χ4n) is 1.38. The van der Waals surface area contributed by atoms with E-state index in [2.05, 4.69) is 6.92 Å². The molecule has 0 heterocycles. The third kappa shape index (κ3) is 11.6. The molecule has 0 aliphatic heterocycles. The molecule has 0 amide bonds. The molecule has 0 N–H and O–H groups in total. The van der Waals surface area contributed by atoms with Crippen molar-refractivity contribution in [1.29, 1.82) is 0 Å². The molecule has 0 spiro atoms. The van der Waals surface area contributed by atoms with E-state index < -0.39 is 0 Å². The first-order valence-electron chi connectivity index (χ1n) is 5.41. The van der Waals surface area contributed by atoms with E-state index in [1.165, 1.54) is 51.4 Å². The van der Waals surface area contributed by atoms with Crippen molar-refractivity contribution in [3.63, 3.8) is 0 Å². The summed E-state index contributed by atoms with van der Waals surface area (Å²) in [5.74, 6) is 0. The number of hydrogen-bond donors (Lipinski definition) is 0. The molecule has 1 heteroatoms. The molecule has 0 aromatic rings. The second-order valence-electron chi connectivity index (χ2n) is 3.47. The molecule has 0 unspecified atom stereocenters. The standard InChI is InChI=1S/C10H21.K/c1-3-5-7-9-10-8-6-4-2;/h1,3-10H2,2H3;. The van der Waals surface area contributed by atoms with Crippen molar-refractivity contribution >= 4 is 49.0 Å². The van der Waals surface area contributed by atoms with Crippen molar-refractivity contribution < 1.29 is 0 Å². The van der Waals surface area contributed by atoms with E-state index in [1.807, 2.05) is 0 Å². The van der Waals surface area contributed by atoms with Crippen LogP contribution in [0.25, 0.3) is 0 Å². The maximum atomic E-state index is 2.28. The van der Waals surface area contributed by atoms with E-state index in [9.17, 15) is 0 Å². The molecule has 0 saturated carbocycles. The number of rotatable bonds is 8. The van der Waals surface area contributed by atoms with E-state index in [-0.39, 0.29) is 0 Å². The SMILES string of the molecule is CCCCCCCCC[CH2][K]. The molecule has 0 rings (SSSR count). The van der Waals surface area contributed by atoms with Crippen LogP contribution < -0.4 is 0 Å². The average Bonchev–Trinajstić information content (AvgIpc) is 2.03. The van der Waals surface area contributed by atoms with Gasteiger partial charge >= 0.3 is 108 Å². The summed E-state index contributed by atoms with van der Waals surface area (Å²) in [4.78, 5) is 0. The molecule has 0 aliphatic rings. The van der Waals surface area contributed by atoms with Gasteiger partial charge in [-0.05, 0) is 0 Å². The fraction of sp³-hybridized carbons (Fsp3) is 1.00. The Hall–Kier alpha value is 1.64. The Morgan fingerprint density at radius 2 is 1.18 bits per heavy atom. The molecule has 0 aromatic carbocycles. The van der Waals surface area contributed by atoms with E-state index in [0.717, 1.165) is 49.0 Å². The van der Waals surface area contributed by atoms with Crippen molar-refractivity contribution in [2.45, 2.75) is 58.8 Å². The summed E-state index contributed by atoms with van der Waals surface area (Å²) >= 11 is 1.11. The van der Waals surface area contributed by atoms with Gasteiger partial charge in [0.2, 0.25) is 0 Å². The molecule has 0 nitrogen and oxygen atoms in total. The van der Waals surface area contributed by atoms with Crippen LogP contribution in [0.1, 0.15) is 58.3 Å². The van der Waals surface area contributed by atoms with Gasteiger partial charge in [0.25, 0.3) is 0 Å². The molecule has 0 bridgehead atoms. The van der Waals surface area contributed by atoms with Gasteiger partial charge in [-0.3, -0.25) is 0 Å². The molecule has 0 atom stereocenters. The normalized spacial score (nSPS) is 10.5. The Kier molecular flexibility index (Phi) is 13.4. The quantitative estimate of drug-likeness (QED) is 0.394. The van der Waals surface area contributed by atoms with Crippen LogP contribution in [-0.4, -0.2) is 49.0 Å². The molecule has 0 aliphatic carbocycles. The second-order valence-corrected chi connectivity index (χ2v) is 5.04. The van der Waals surface area contributed by atoms with E-state index >= 15 is 0 Å². The predicted octanol–water partition coefficient (Wildman–Crippen LogP) is 3.71. The molecule has 0 fully saturated rings. The number of unbranched alkanes of at least 4 members (excludes halogenated alkanes) is 7. The Morgan fingerprint density at radius 1 is 0.727 bits per heavy atom. The van der Waals surface area contributed by atoms with Gasteiger partial charge in [-0.15, -0.1) is 0 Å². The zero-order valence-corrected chi connectivity index (χ0v) is 11.5. The summed E-state index contributed by atoms with van der Waals surface area (Å²) in [6, 6.07) is 0. The third-order valence-corrected chi connectivity index (χ3v) is 3.31. The molecular formula is C10H21K. The van der Waals surface area contributed by atoms with Gasteiger partial charge in [0.05, 0.1) is 0 Å². The first-order valence-corrected chi connectivity index (χ1v) is 7.62. The summed E-state index contributed by atoms with van der Waals surface area (Å²) in [6.07, 6.45) is 11.8. The first kappa shape index (κ1) is 12.6. The van der Waals surface area contributed by atoms with Gasteiger partial charge in [-0.1, -0.05) is 0 Å². The molecule has 0 aromatic heterocycles. The fourth-order valence-corrected chi connectivity index (χ4v) is 2.16. The summed E-state index contributed by atoms with van der Waals surface area (Å²) in [5.41, 5.74) is 0. The Balaban J connectivity index is 2.69. The summed E-state index contributed by atoms with van der Waals surface area (Å²) < 4.78 is 1.56. The van der Waals surface area contributed by atoms with Crippen LogP contribution in [-0.2, 0) is 0 Å². The molecule has 0 radical (unpaired) electrons. The van der Waals surface area contributed by atoms with Gasteiger partial charge in [0.1, 0.15) is 0 Å². The molecule has 62 valence electrons. The zero-order chi connectivity index (χ0) is 8.36. The van der Waals surface area contributed by atoms with Gasteiger partial charge in [-0.25, -0.2) is 0 Å². The van der Waals surface area contributed by atoms with Gasteiger partial charge in [0, 0.05) is 0 Å². The zero-order valence-electron chi connectivity index (χ0n) is 8.36.